The summed E-state index contributed by atoms with van der Waals surface area (Å²) in [6, 6.07) is 8.04. The van der Waals surface area contributed by atoms with Crippen LogP contribution in [0.5, 0.6) is 5.75 Å². The summed E-state index contributed by atoms with van der Waals surface area (Å²) in [5, 5.41) is 0. The molecule has 0 radical (unpaired) electrons. The van der Waals surface area contributed by atoms with E-state index in [0.29, 0.717) is 13.2 Å². The first-order chi connectivity index (χ1) is 6.86. The van der Waals surface area contributed by atoms with Crippen LogP contribution < -0.4 is 4.74 Å². The van der Waals surface area contributed by atoms with Crippen molar-refractivity contribution in [3.8, 4) is 5.75 Å². The van der Waals surface area contributed by atoms with Crippen molar-refractivity contribution in [2.75, 3.05) is 13.2 Å². The molecule has 78 valence electrons. The second kappa shape index (κ2) is 6.44. The summed E-state index contributed by atoms with van der Waals surface area (Å²) < 4.78 is 10.8. The average Bonchev–Trinajstić information content (AvgIpc) is 2.19. The quantitative estimate of drug-likeness (QED) is 0.648. The van der Waals surface area contributed by atoms with Crippen LogP contribution in [0, 0.1) is 0 Å². The van der Waals surface area contributed by atoms with Crippen molar-refractivity contribution in [1.29, 1.82) is 0 Å². The van der Waals surface area contributed by atoms with Crippen LogP contribution in [0.25, 0.3) is 0 Å². The van der Waals surface area contributed by atoms with Gasteiger partial charge in [-0.1, -0.05) is 19.1 Å². The maximum atomic E-state index is 5.45. The number of hydrogen-bond donors (Lipinski definition) is 0. The maximum absolute atomic E-state index is 5.45. The molecule has 0 heterocycles. The van der Waals surface area contributed by atoms with Gasteiger partial charge in [-0.2, -0.15) is 0 Å². The van der Waals surface area contributed by atoms with E-state index in [1.165, 1.54) is 5.56 Å². The normalized spacial score (nSPS) is 10.1. The van der Waals surface area contributed by atoms with E-state index < -0.39 is 0 Å². The van der Waals surface area contributed by atoms with Gasteiger partial charge in [-0.3, -0.25) is 0 Å². The molecule has 2 nitrogen and oxygen atoms in total. The summed E-state index contributed by atoms with van der Waals surface area (Å²) in [7, 11) is 0. The second-order valence-electron chi connectivity index (χ2n) is 3.13. The van der Waals surface area contributed by atoms with Crippen LogP contribution in [0.2, 0.25) is 0 Å². The fraction of sp³-hybridized carbons (Fsp3) is 0.500. The molecule has 0 atom stereocenters. The van der Waals surface area contributed by atoms with E-state index in [1.54, 1.807) is 0 Å². The van der Waals surface area contributed by atoms with Gasteiger partial charge in [0.1, 0.15) is 5.75 Å². The molecule has 14 heavy (non-hydrogen) atoms. The Morgan fingerprint density at radius 3 is 2.79 bits per heavy atom. The molecule has 0 saturated carbocycles. The van der Waals surface area contributed by atoms with E-state index in [4.69, 9.17) is 9.47 Å². The van der Waals surface area contributed by atoms with Crippen molar-refractivity contribution in [1.82, 2.24) is 0 Å². The summed E-state index contributed by atoms with van der Waals surface area (Å²) in [6.45, 7) is 6.30. The van der Waals surface area contributed by atoms with E-state index in [9.17, 15) is 0 Å². The highest BCUT2D eigenvalue weighted by molar-refractivity contribution is 5.27. The highest BCUT2D eigenvalue weighted by Crippen LogP contribution is 2.13. The molecule has 0 aliphatic heterocycles. The smallest absolute Gasteiger partial charge is 0.119 e. The molecule has 1 aromatic rings. The lowest BCUT2D eigenvalue weighted by molar-refractivity contribution is 0.121. The van der Waals surface area contributed by atoms with E-state index in [0.717, 1.165) is 18.8 Å². The van der Waals surface area contributed by atoms with Crippen LogP contribution in [0.4, 0.5) is 0 Å². The van der Waals surface area contributed by atoms with Crippen LogP contribution in [-0.4, -0.2) is 13.2 Å². The van der Waals surface area contributed by atoms with Gasteiger partial charge in [0, 0.05) is 6.61 Å². The summed E-state index contributed by atoms with van der Waals surface area (Å²) in [6.07, 6.45) is 1.06. The molecular weight excluding hydrogens is 176 g/mol. The zero-order valence-corrected chi connectivity index (χ0v) is 8.95. The minimum absolute atomic E-state index is 0.675. The summed E-state index contributed by atoms with van der Waals surface area (Å²) in [5.41, 5.74) is 1.17. The fourth-order valence-corrected chi connectivity index (χ4v) is 1.23. The minimum atomic E-state index is 0.675. The Labute approximate surface area is 85.8 Å². The largest absolute Gasteiger partial charge is 0.494 e. The lowest BCUT2D eigenvalue weighted by Gasteiger charge is -2.06. The average molecular weight is 194 g/mol. The van der Waals surface area contributed by atoms with Crippen molar-refractivity contribution in [3.05, 3.63) is 29.8 Å². The van der Waals surface area contributed by atoms with E-state index >= 15 is 0 Å². The molecule has 1 rings (SSSR count). The molecule has 0 spiro atoms. The van der Waals surface area contributed by atoms with Crippen LogP contribution >= 0.6 is 0 Å². The van der Waals surface area contributed by atoms with Gasteiger partial charge in [0.2, 0.25) is 0 Å². The number of benzene rings is 1. The van der Waals surface area contributed by atoms with E-state index in [1.807, 2.05) is 25.1 Å². The molecule has 0 aliphatic rings. The Morgan fingerprint density at radius 2 is 2.07 bits per heavy atom. The molecular formula is C12H18O2. The van der Waals surface area contributed by atoms with Crippen LogP contribution in [-0.2, 0) is 11.3 Å². The third-order valence-electron chi connectivity index (χ3n) is 1.83. The summed E-state index contributed by atoms with van der Waals surface area (Å²) >= 11 is 0. The van der Waals surface area contributed by atoms with Gasteiger partial charge in [-0.25, -0.2) is 0 Å². The minimum Gasteiger partial charge on any atom is -0.494 e. The monoisotopic (exact) mass is 194 g/mol. The third kappa shape index (κ3) is 3.79. The first-order valence-corrected chi connectivity index (χ1v) is 5.16. The standard InChI is InChI=1S/C12H18O2/c1-3-8-13-10-11-6-5-7-12(9-11)14-4-2/h5-7,9H,3-4,8,10H2,1-2H3. The molecule has 0 N–H and O–H groups in total. The highest BCUT2D eigenvalue weighted by Gasteiger charge is 1.95. The van der Waals surface area contributed by atoms with E-state index in [-0.39, 0.29) is 0 Å². The van der Waals surface area contributed by atoms with Crippen molar-refractivity contribution < 1.29 is 9.47 Å². The van der Waals surface area contributed by atoms with Crippen molar-refractivity contribution in [2.45, 2.75) is 26.9 Å². The molecule has 1 aromatic carbocycles. The highest BCUT2D eigenvalue weighted by atomic mass is 16.5. The Balaban J connectivity index is 2.46. The van der Waals surface area contributed by atoms with Crippen molar-refractivity contribution in [2.24, 2.45) is 0 Å². The lowest BCUT2D eigenvalue weighted by atomic mass is 10.2. The van der Waals surface area contributed by atoms with Gasteiger partial charge >= 0.3 is 0 Å². The first-order valence-electron chi connectivity index (χ1n) is 5.16. The Kier molecular flexibility index (Phi) is 5.08. The van der Waals surface area contributed by atoms with Crippen LogP contribution in [0.15, 0.2) is 24.3 Å². The predicted molar refractivity (Wildman–Crippen MR) is 57.6 cm³/mol. The predicted octanol–water partition coefficient (Wildman–Crippen LogP) is 3.01. The zero-order valence-electron chi connectivity index (χ0n) is 8.95. The van der Waals surface area contributed by atoms with Gasteiger partial charge in [-0.05, 0) is 31.0 Å². The molecule has 0 aromatic heterocycles. The SMILES string of the molecule is CCCOCc1cccc(OCC)c1. The number of ether oxygens (including phenoxy) is 2. The topological polar surface area (TPSA) is 18.5 Å². The van der Waals surface area contributed by atoms with Crippen molar-refractivity contribution in [3.63, 3.8) is 0 Å². The molecule has 0 aliphatic carbocycles. The second-order valence-corrected chi connectivity index (χ2v) is 3.13. The van der Waals surface area contributed by atoms with Gasteiger partial charge in [0.25, 0.3) is 0 Å². The number of rotatable bonds is 6. The first kappa shape index (κ1) is 11.1. The third-order valence-corrected chi connectivity index (χ3v) is 1.83. The maximum Gasteiger partial charge on any atom is 0.119 e. The van der Waals surface area contributed by atoms with Crippen molar-refractivity contribution >= 4 is 0 Å². The number of hydrogen-bond acceptors (Lipinski definition) is 2. The molecule has 0 amide bonds. The summed E-state index contributed by atoms with van der Waals surface area (Å²) in [5.74, 6) is 0.921. The molecule has 0 fully saturated rings. The lowest BCUT2D eigenvalue weighted by Crippen LogP contribution is -1.96. The Hall–Kier alpha value is -1.02. The molecule has 0 unspecified atom stereocenters. The van der Waals surface area contributed by atoms with E-state index in [2.05, 4.69) is 13.0 Å². The molecule has 0 saturated heterocycles. The fourth-order valence-electron chi connectivity index (χ4n) is 1.23. The zero-order chi connectivity index (χ0) is 10.2. The van der Waals surface area contributed by atoms with Crippen LogP contribution in [0.3, 0.4) is 0 Å². The van der Waals surface area contributed by atoms with Gasteiger partial charge in [0.15, 0.2) is 0 Å². The Bertz CT molecular complexity index is 258. The molecule has 2 heteroatoms. The van der Waals surface area contributed by atoms with Gasteiger partial charge in [-0.15, -0.1) is 0 Å². The Morgan fingerprint density at radius 1 is 1.21 bits per heavy atom. The van der Waals surface area contributed by atoms with Gasteiger partial charge in [0.05, 0.1) is 13.2 Å². The molecule has 0 bridgehead atoms. The summed E-state index contributed by atoms with van der Waals surface area (Å²) in [4.78, 5) is 0. The van der Waals surface area contributed by atoms with Crippen LogP contribution in [0.1, 0.15) is 25.8 Å². The van der Waals surface area contributed by atoms with Gasteiger partial charge < -0.3 is 9.47 Å².